The molecule has 0 unspecified atom stereocenters. The molecule has 1 aliphatic rings. The van der Waals surface area contributed by atoms with Crippen LogP contribution in [0.15, 0.2) is 9.98 Å². The van der Waals surface area contributed by atoms with Gasteiger partial charge in [-0.2, -0.15) is 0 Å². The SMILES string of the molecule is NC1(c2ncc(Br)s2)COC1. The lowest BCUT2D eigenvalue weighted by Gasteiger charge is -2.35. The normalized spacial score (nSPS) is 21.3. The molecular formula is C6H7BrN2OS. The van der Waals surface area contributed by atoms with Crippen LogP contribution >= 0.6 is 27.3 Å². The summed E-state index contributed by atoms with van der Waals surface area (Å²) in [5.74, 6) is 0. The van der Waals surface area contributed by atoms with Gasteiger partial charge >= 0.3 is 0 Å². The Morgan fingerprint density at radius 1 is 1.73 bits per heavy atom. The molecule has 0 bridgehead atoms. The first-order chi connectivity index (χ1) is 5.21. The molecule has 1 aromatic rings. The van der Waals surface area contributed by atoms with Crippen LogP contribution in [0.5, 0.6) is 0 Å². The molecule has 0 radical (unpaired) electrons. The van der Waals surface area contributed by atoms with Crippen LogP contribution in [0, 0.1) is 0 Å². The van der Waals surface area contributed by atoms with Crippen molar-refractivity contribution >= 4 is 27.3 Å². The number of aromatic nitrogens is 1. The first kappa shape index (κ1) is 7.67. The molecule has 1 fully saturated rings. The second kappa shape index (κ2) is 2.52. The standard InChI is InChI=1S/C6H7BrN2OS/c7-4-1-9-5(11-4)6(8)2-10-3-6/h1H,2-3,8H2. The zero-order valence-corrected chi connectivity index (χ0v) is 8.11. The van der Waals surface area contributed by atoms with Gasteiger partial charge in [0, 0.05) is 0 Å². The molecule has 60 valence electrons. The van der Waals surface area contributed by atoms with Crippen molar-refractivity contribution in [1.82, 2.24) is 4.98 Å². The fourth-order valence-electron chi connectivity index (χ4n) is 0.930. The number of nitrogens with zero attached hydrogens (tertiary/aromatic N) is 1. The van der Waals surface area contributed by atoms with Gasteiger partial charge in [-0.05, 0) is 15.9 Å². The van der Waals surface area contributed by atoms with Gasteiger partial charge in [0.2, 0.25) is 0 Å². The van der Waals surface area contributed by atoms with Crippen LogP contribution in [0.3, 0.4) is 0 Å². The molecule has 0 saturated carbocycles. The van der Waals surface area contributed by atoms with Gasteiger partial charge in [0.1, 0.15) is 10.5 Å². The van der Waals surface area contributed by atoms with Crippen molar-refractivity contribution in [2.24, 2.45) is 5.73 Å². The van der Waals surface area contributed by atoms with Crippen molar-refractivity contribution in [2.75, 3.05) is 13.2 Å². The topological polar surface area (TPSA) is 48.1 Å². The molecule has 2 rings (SSSR count). The Morgan fingerprint density at radius 3 is 2.82 bits per heavy atom. The molecule has 1 saturated heterocycles. The number of rotatable bonds is 1. The Labute approximate surface area is 76.7 Å². The van der Waals surface area contributed by atoms with Crippen LogP contribution in [0.2, 0.25) is 0 Å². The van der Waals surface area contributed by atoms with Gasteiger partial charge in [-0.3, -0.25) is 0 Å². The van der Waals surface area contributed by atoms with Crippen molar-refractivity contribution in [3.8, 4) is 0 Å². The van der Waals surface area contributed by atoms with E-state index >= 15 is 0 Å². The average molecular weight is 235 g/mol. The smallest absolute Gasteiger partial charge is 0.118 e. The van der Waals surface area contributed by atoms with E-state index in [-0.39, 0.29) is 5.54 Å². The van der Waals surface area contributed by atoms with Crippen LogP contribution in [0.1, 0.15) is 5.01 Å². The van der Waals surface area contributed by atoms with E-state index in [0.717, 1.165) is 8.79 Å². The summed E-state index contributed by atoms with van der Waals surface area (Å²) >= 11 is 4.91. The third-order valence-corrected chi connectivity index (χ3v) is 3.32. The van der Waals surface area contributed by atoms with Crippen LogP contribution in [0.4, 0.5) is 0 Å². The third kappa shape index (κ3) is 1.22. The summed E-state index contributed by atoms with van der Waals surface area (Å²) in [5.41, 5.74) is 5.63. The molecule has 0 aromatic carbocycles. The molecule has 11 heavy (non-hydrogen) atoms. The van der Waals surface area contributed by atoms with Crippen molar-refractivity contribution in [2.45, 2.75) is 5.54 Å². The maximum absolute atomic E-state index is 5.94. The van der Waals surface area contributed by atoms with E-state index < -0.39 is 0 Å². The van der Waals surface area contributed by atoms with Gasteiger partial charge in [-0.1, -0.05) is 0 Å². The average Bonchev–Trinajstić information content (AvgIpc) is 2.31. The highest BCUT2D eigenvalue weighted by Crippen LogP contribution is 2.31. The lowest BCUT2D eigenvalue weighted by atomic mass is 10.0. The molecule has 2 heterocycles. The number of nitrogens with two attached hydrogens (primary N) is 1. The van der Waals surface area contributed by atoms with Crippen LogP contribution in [-0.4, -0.2) is 18.2 Å². The Hall–Kier alpha value is 0.0300. The minimum absolute atomic E-state index is 0.309. The van der Waals surface area contributed by atoms with Gasteiger partial charge in [0.25, 0.3) is 0 Å². The van der Waals surface area contributed by atoms with E-state index in [4.69, 9.17) is 10.5 Å². The minimum Gasteiger partial charge on any atom is -0.377 e. The first-order valence-corrected chi connectivity index (χ1v) is 4.80. The summed E-state index contributed by atoms with van der Waals surface area (Å²) < 4.78 is 6.05. The first-order valence-electron chi connectivity index (χ1n) is 3.19. The lowest BCUT2D eigenvalue weighted by Crippen LogP contribution is -2.54. The number of halogens is 1. The van der Waals surface area contributed by atoms with Crippen molar-refractivity contribution in [3.05, 3.63) is 15.0 Å². The highest BCUT2D eigenvalue weighted by atomic mass is 79.9. The van der Waals surface area contributed by atoms with E-state index in [1.807, 2.05) is 0 Å². The molecule has 5 heteroatoms. The summed E-state index contributed by atoms with van der Waals surface area (Å²) in [6, 6.07) is 0. The van der Waals surface area contributed by atoms with E-state index in [1.54, 1.807) is 17.5 Å². The summed E-state index contributed by atoms with van der Waals surface area (Å²) in [6.45, 7) is 1.18. The van der Waals surface area contributed by atoms with Crippen LogP contribution < -0.4 is 5.73 Å². The van der Waals surface area contributed by atoms with E-state index in [2.05, 4.69) is 20.9 Å². The number of hydrogen-bond donors (Lipinski definition) is 1. The van der Waals surface area contributed by atoms with E-state index in [0.29, 0.717) is 13.2 Å². The van der Waals surface area contributed by atoms with Crippen LogP contribution in [-0.2, 0) is 10.3 Å². The Morgan fingerprint density at radius 2 is 2.45 bits per heavy atom. The van der Waals surface area contributed by atoms with Gasteiger partial charge in [0.05, 0.1) is 23.2 Å². The molecular weight excluding hydrogens is 228 g/mol. The van der Waals surface area contributed by atoms with Gasteiger partial charge < -0.3 is 10.5 Å². The fourth-order valence-corrected chi connectivity index (χ4v) is 2.21. The zero-order chi connectivity index (χ0) is 7.90. The monoisotopic (exact) mass is 234 g/mol. The number of thiazole rings is 1. The Balaban J connectivity index is 2.28. The summed E-state index contributed by atoms with van der Waals surface area (Å²) in [6.07, 6.45) is 1.77. The second-order valence-electron chi connectivity index (χ2n) is 2.62. The highest BCUT2D eigenvalue weighted by molar-refractivity contribution is 9.11. The minimum atomic E-state index is -0.309. The third-order valence-electron chi connectivity index (χ3n) is 1.62. The lowest BCUT2D eigenvalue weighted by molar-refractivity contribution is -0.0569. The summed E-state index contributed by atoms with van der Waals surface area (Å²) in [7, 11) is 0. The van der Waals surface area contributed by atoms with Crippen molar-refractivity contribution in [3.63, 3.8) is 0 Å². The van der Waals surface area contributed by atoms with Crippen LogP contribution in [0.25, 0.3) is 0 Å². The number of ether oxygens (including phenoxy) is 1. The van der Waals surface area contributed by atoms with E-state index in [1.165, 1.54) is 0 Å². The summed E-state index contributed by atoms with van der Waals surface area (Å²) in [4.78, 5) is 4.18. The maximum Gasteiger partial charge on any atom is 0.118 e. The maximum atomic E-state index is 5.94. The molecule has 0 aliphatic carbocycles. The molecule has 3 nitrogen and oxygen atoms in total. The molecule has 0 atom stereocenters. The molecule has 1 aliphatic heterocycles. The fraction of sp³-hybridized carbons (Fsp3) is 0.500. The number of hydrogen-bond acceptors (Lipinski definition) is 4. The Kier molecular flexibility index (Phi) is 1.75. The van der Waals surface area contributed by atoms with Crippen molar-refractivity contribution < 1.29 is 4.74 Å². The predicted octanol–water partition coefficient (Wildman–Crippen LogP) is 1.09. The quantitative estimate of drug-likeness (QED) is 0.792. The Bertz CT molecular complexity index is 271. The largest absolute Gasteiger partial charge is 0.377 e. The summed E-state index contributed by atoms with van der Waals surface area (Å²) in [5, 5.41) is 0.954. The van der Waals surface area contributed by atoms with Gasteiger partial charge in [0.15, 0.2) is 0 Å². The van der Waals surface area contributed by atoms with Crippen molar-refractivity contribution in [1.29, 1.82) is 0 Å². The highest BCUT2D eigenvalue weighted by Gasteiger charge is 2.38. The predicted molar refractivity (Wildman–Crippen MR) is 46.5 cm³/mol. The molecule has 1 aromatic heterocycles. The second-order valence-corrected chi connectivity index (χ2v) is 5.03. The molecule has 0 amide bonds. The van der Waals surface area contributed by atoms with Gasteiger partial charge in [-0.15, -0.1) is 11.3 Å². The molecule has 0 spiro atoms. The van der Waals surface area contributed by atoms with Gasteiger partial charge in [-0.25, -0.2) is 4.98 Å². The zero-order valence-electron chi connectivity index (χ0n) is 5.71. The molecule has 2 N–H and O–H groups in total. The van der Waals surface area contributed by atoms with E-state index in [9.17, 15) is 0 Å².